The summed E-state index contributed by atoms with van der Waals surface area (Å²) in [5, 5.41) is 0.840. The van der Waals surface area contributed by atoms with Gasteiger partial charge in [-0.1, -0.05) is 23.2 Å². The van der Waals surface area contributed by atoms with E-state index in [-0.39, 0.29) is 6.02 Å². The highest BCUT2D eigenvalue weighted by molar-refractivity contribution is 6.34. The Balaban J connectivity index is 2.53. The van der Waals surface area contributed by atoms with Crippen molar-refractivity contribution < 1.29 is 9.53 Å². The first-order chi connectivity index (χ1) is 7.43. The van der Waals surface area contributed by atoms with Crippen molar-refractivity contribution >= 4 is 35.1 Å². The topological polar surface area (TPSA) is 64.7 Å². The van der Waals surface area contributed by atoms with Crippen molar-refractivity contribution in [1.29, 1.82) is 0 Å². The zero-order valence-corrected chi connectivity index (χ0v) is 9.84. The van der Waals surface area contributed by atoms with Crippen LogP contribution in [0.2, 0.25) is 10.0 Å². The normalized spacial score (nSPS) is 24.2. The van der Waals surface area contributed by atoms with Crippen LogP contribution in [0.15, 0.2) is 23.2 Å². The van der Waals surface area contributed by atoms with E-state index in [1.165, 1.54) is 0 Å². The Morgan fingerprint density at radius 3 is 2.69 bits per heavy atom. The van der Waals surface area contributed by atoms with E-state index >= 15 is 0 Å². The number of nitrogens with two attached hydrogens (primary N) is 1. The first-order valence-electron chi connectivity index (χ1n) is 4.46. The van der Waals surface area contributed by atoms with Crippen molar-refractivity contribution in [2.24, 2.45) is 10.7 Å². The summed E-state index contributed by atoms with van der Waals surface area (Å²) in [6.45, 7) is 1.55. The quantitative estimate of drug-likeness (QED) is 0.839. The van der Waals surface area contributed by atoms with E-state index in [9.17, 15) is 4.79 Å². The van der Waals surface area contributed by atoms with Crippen LogP contribution in [0.25, 0.3) is 0 Å². The van der Waals surface area contributed by atoms with Crippen molar-refractivity contribution in [3.05, 3.63) is 33.8 Å². The van der Waals surface area contributed by atoms with Crippen LogP contribution < -0.4 is 5.73 Å². The second kappa shape index (κ2) is 3.64. The minimum atomic E-state index is -1.29. The molecule has 0 aromatic heterocycles. The third-order valence-electron chi connectivity index (χ3n) is 2.37. The molecule has 6 heteroatoms. The zero-order chi connectivity index (χ0) is 11.9. The number of rotatable bonds is 1. The van der Waals surface area contributed by atoms with E-state index in [2.05, 4.69) is 4.99 Å². The van der Waals surface area contributed by atoms with Gasteiger partial charge in [-0.25, -0.2) is 0 Å². The van der Waals surface area contributed by atoms with Crippen LogP contribution in [-0.2, 0) is 15.1 Å². The number of benzene rings is 1. The molecule has 1 aliphatic heterocycles. The number of ether oxygens (including phenoxy) is 1. The second-order valence-corrected chi connectivity index (χ2v) is 4.36. The lowest BCUT2D eigenvalue weighted by atomic mass is 9.95. The van der Waals surface area contributed by atoms with Crippen molar-refractivity contribution in [1.82, 2.24) is 0 Å². The van der Waals surface area contributed by atoms with E-state index in [0.717, 1.165) is 0 Å². The molecule has 0 fully saturated rings. The lowest BCUT2D eigenvalue weighted by molar-refractivity contribution is -0.130. The average Bonchev–Trinajstić information content (AvgIpc) is 2.46. The number of amides is 1. The molecule has 1 heterocycles. The van der Waals surface area contributed by atoms with Gasteiger partial charge in [0.05, 0.1) is 0 Å². The fourth-order valence-corrected chi connectivity index (χ4v) is 1.99. The Hall–Kier alpha value is -1.26. The molecule has 0 radical (unpaired) electrons. The third kappa shape index (κ3) is 1.64. The summed E-state index contributed by atoms with van der Waals surface area (Å²) in [6.07, 6.45) is 0. The Labute approximate surface area is 102 Å². The van der Waals surface area contributed by atoms with Gasteiger partial charge in [0.1, 0.15) is 0 Å². The van der Waals surface area contributed by atoms with Crippen LogP contribution in [0, 0.1) is 0 Å². The van der Waals surface area contributed by atoms with Crippen LogP contribution in [0.1, 0.15) is 12.5 Å². The smallest absolute Gasteiger partial charge is 0.298 e. The van der Waals surface area contributed by atoms with Gasteiger partial charge in [0.25, 0.3) is 11.9 Å². The maximum Gasteiger partial charge on any atom is 0.298 e. The molecule has 0 saturated heterocycles. The molecule has 0 aliphatic carbocycles. The summed E-state index contributed by atoms with van der Waals surface area (Å²) >= 11 is 11.8. The molecule has 4 nitrogen and oxygen atoms in total. The maximum absolute atomic E-state index is 11.7. The molecule has 0 saturated carbocycles. The van der Waals surface area contributed by atoms with Crippen molar-refractivity contribution in [2.75, 3.05) is 0 Å². The highest BCUT2D eigenvalue weighted by atomic mass is 35.5. The van der Waals surface area contributed by atoms with Crippen LogP contribution in [-0.4, -0.2) is 11.9 Å². The van der Waals surface area contributed by atoms with Gasteiger partial charge in [-0.15, -0.1) is 0 Å². The molecule has 1 atom stereocenters. The summed E-state index contributed by atoms with van der Waals surface area (Å²) in [5.74, 6) is -0.492. The number of hydrogen-bond donors (Lipinski definition) is 1. The number of halogens is 2. The molecule has 1 aliphatic rings. The van der Waals surface area contributed by atoms with Crippen molar-refractivity contribution in [3.63, 3.8) is 0 Å². The Morgan fingerprint density at radius 2 is 2.12 bits per heavy atom. The van der Waals surface area contributed by atoms with Gasteiger partial charge in [-0.2, -0.15) is 4.99 Å². The number of aliphatic imine (C=N–C) groups is 1. The van der Waals surface area contributed by atoms with Crippen molar-refractivity contribution in [3.8, 4) is 0 Å². The van der Waals surface area contributed by atoms with E-state index in [1.807, 2.05) is 0 Å². The predicted molar refractivity (Wildman–Crippen MR) is 61.5 cm³/mol. The summed E-state index contributed by atoms with van der Waals surface area (Å²) in [5.41, 5.74) is 4.53. The molecule has 84 valence electrons. The number of nitrogens with zero attached hydrogens (tertiary/aromatic N) is 1. The maximum atomic E-state index is 11.7. The molecule has 1 amide bonds. The number of carbonyl (C=O) groups excluding carboxylic acids is 1. The molecule has 1 aromatic rings. The Morgan fingerprint density at radius 1 is 1.44 bits per heavy atom. The Kier molecular flexibility index (Phi) is 2.56. The summed E-state index contributed by atoms with van der Waals surface area (Å²) < 4.78 is 5.22. The molecule has 0 spiro atoms. The van der Waals surface area contributed by atoms with Gasteiger partial charge >= 0.3 is 0 Å². The van der Waals surface area contributed by atoms with Gasteiger partial charge in [-0.3, -0.25) is 4.79 Å². The first kappa shape index (κ1) is 11.2. The van der Waals surface area contributed by atoms with E-state index < -0.39 is 11.5 Å². The number of amidine groups is 1. The van der Waals surface area contributed by atoms with Gasteiger partial charge in [0.2, 0.25) is 5.60 Å². The monoisotopic (exact) mass is 258 g/mol. The molecule has 1 aromatic carbocycles. The van der Waals surface area contributed by atoms with Gasteiger partial charge in [0.15, 0.2) is 0 Å². The molecule has 1 unspecified atom stereocenters. The lowest BCUT2D eigenvalue weighted by Gasteiger charge is -2.22. The fourth-order valence-electron chi connectivity index (χ4n) is 1.52. The highest BCUT2D eigenvalue weighted by Gasteiger charge is 2.44. The standard InChI is InChI=1S/C10H8Cl2N2O2/c1-10(8(15)14-9(13)16-10)6-4-5(11)2-3-7(6)12/h2-4H,1H3,(H2,13,14,15). The minimum Gasteiger partial charge on any atom is -0.444 e. The largest absolute Gasteiger partial charge is 0.444 e. The van der Waals surface area contributed by atoms with Crippen LogP contribution >= 0.6 is 23.2 Å². The minimum absolute atomic E-state index is 0.163. The Bertz CT molecular complexity index is 502. The van der Waals surface area contributed by atoms with E-state index in [0.29, 0.717) is 15.6 Å². The van der Waals surface area contributed by atoms with Gasteiger partial charge < -0.3 is 10.5 Å². The van der Waals surface area contributed by atoms with E-state index in [4.69, 9.17) is 33.7 Å². The van der Waals surface area contributed by atoms with Gasteiger partial charge in [0, 0.05) is 15.6 Å². The number of hydrogen-bond acceptors (Lipinski definition) is 3. The predicted octanol–water partition coefficient (Wildman–Crippen LogP) is 2.08. The SMILES string of the molecule is CC1(c2cc(Cl)ccc2Cl)OC(N)=NC1=O. The van der Waals surface area contributed by atoms with Crippen molar-refractivity contribution in [2.45, 2.75) is 12.5 Å². The summed E-state index contributed by atoms with van der Waals surface area (Å²) in [6, 6.07) is 4.62. The fraction of sp³-hybridized carbons (Fsp3) is 0.200. The van der Waals surface area contributed by atoms with Gasteiger partial charge in [-0.05, 0) is 25.1 Å². The van der Waals surface area contributed by atoms with Crippen LogP contribution in [0.3, 0.4) is 0 Å². The van der Waals surface area contributed by atoms with Crippen LogP contribution in [0.4, 0.5) is 0 Å². The molecular formula is C10H8Cl2N2O2. The molecule has 2 N–H and O–H groups in total. The van der Waals surface area contributed by atoms with E-state index in [1.54, 1.807) is 25.1 Å². The third-order valence-corrected chi connectivity index (χ3v) is 2.94. The molecule has 0 bridgehead atoms. The number of carbonyl (C=O) groups is 1. The highest BCUT2D eigenvalue weighted by Crippen LogP contribution is 2.36. The molecule has 2 rings (SSSR count). The van der Waals surface area contributed by atoms with Crippen LogP contribution in [0.5, 0.6) is 0 Å². The second-order valence-electron chi connectivity index (χ2n) is 3.51. The first-order valence-corrected chi connectivity index (χ1v) is 5.22. The lowest BCUT2D eigenvalue weighted by Crippen LogP contribution is -2.32. The molecular weight excluding hydrogens is 251 g/mol. The average molecular weight is 259 g/mol. The summed E-state index contributed by atoms with van der Waals surface area (Å²) in [4.78, 5) is 15.2. The summed E-state index contributed by atoms with van der Waals surface area (Å²) in [7, 11) is 0. The molecule has 16 heavy (non-hydrogen) atoms. The zero-order valence-electron chi connectivity index (χ0n) is 8.33.